The minimum atomic E-state index is -1.14. The molecular formula is C18H28N2O5. The number of amides is 1. The van der Waals surface area contributed by atoms with E-state index in [1.165, 1.54) is 6.07 Å². The fourth-order valence-electron chi connectivity index (χ4n) is 2.26. The number of ether oxygens (including phenoxy) is 1. The van der Waals surface area contributed by atoms with E-state index >= 15 is 0 Å². The second-order valence-corrected chi connectivity index (χ2v) is 7.47. The summed E-state index contributed by atoms with van der Waals surface area (Å²) in [6.45, 7) is 9.81. The van der Waals surface area contributed by atoms with Crippen molar-refractivity contribution in [1.82, 2.24) is 10.3 Å². The molecule has 0 radical (unpaired) electrons. The largest absolute Gasteiger partial charge is 0.480 e. The SMILES string of the molecule is CC(C)Cc1cc(C(=O)NC(CCOC(C)(C)C)C(=O)O)cc(=O)[nH]1. The van der Waals surface area contributed by atoms with Crippen LogP contribution in [-0.4, -0.2) is 40.2 Å². The van der Waals surface area contributed by atoms with Crippen LogP contribution in [-0.2, 0) is 16.0 Å². The van der Waals surface area contributed by atoms with Gasteiger partial charge < -0.3 is 20.1 Å². The van der Waals surface area contributed by atoms with Crippen molar-refractivity contribution in [3.8, 4) is 0 Å². The van der Waals surface area contributed by atoms with Crippen LogP contribution in [0.4, 0.5) is 0 Å². The monoisotopic (exact) mass is 352 g/mol. The number of carboxylic acids is 1. The van der Waals surface area contributed by atoms with Gasteiger partial charge in [0.15, 0.2) is 0 Å². The molecule has 7 heteroatoms. The number of carbonyl (C=O) groups is 2. The molecule has 25 heavy (non-hydrogen) atoms. The zero-order valence-electron chi connectivity index (χ0n) is 15.5. The van der Waals surface area contributed by atoms with Crippen molar-refractivity contribution in [2.45, 2.75) is 59.1 Å². The lowest BCUT2D eigenvalue weighted by atomic mass is 10.1. The number of pyridine rings is 1. The zero-order valence-corrected chi connectivity index (χ0v) is 15.5. The topological polar surface area (TPSA) is 108 Å². The maximum Gasteiger partial charge on any atom is 0.326 e. The van der Waals surface area contributed by atoms with E-state index in [4.69, 9.17) is 4.74 Å². The van der Waals surface area contributed by atoms with Crippen LogP contribution < -0.4 is 10.9 Å². The number of carboxylic acid groups (broad SMARTS) is 1. The molecule has 0 saturated carbocycles. The molecule has 0 aliphatic rings. The van der Waals surface area contributed by atoms with Gasteiger partial charge in [-0.2, -0.15) is 0 Å². The predicted octanol–water partition coefficient (Wildman–Crippen LogP) is 1.96. The van der Waals surface area contributed by atoms with Crippen LogP contribution in [0, 0.1) is 5.92 Å². The molecule has 1 rings (SSSR count). The molecule has 0 fully saturated rings. The van der Waals surface area contributed by atoms with Crippen molar-refractivity contribution in [3.05, 3.63) is 33.7 Å². The summed E-state index contributed by atoms with van der Waals surface area (Å²) in [6, 6.07) is 1.67. The first-order chi connectivity index (χ1) is 11.5. The molecule has 7 nitrogen and oxygen atoms in total. The van der Waals surface area contributed by atoms with Crippen LogP contribution in [0.15, 0.2) is 16.9 Å². The minimum Gasteiger partial charge on any atom is -0.480 e. The third kappa shape index (κ3) is 7.98. The Morgan fingerprint density at radius 2 is 1.92 bits per heavy atom. The summed E-state index contributed by atoms with van der Waals surface area (Å²) in [5.74, 6) is -1.41. The fraction of sp³-hybridized carbons (Fsp3) is 0.611. The van der Waals surface area contributed by atoms with E-state index in [2.05, 4.69) is 10.3 Å². The molecule has 1 amide bonds. The van der Waals surface area contributed by atoms with Crippen LogP contribution in [0.1, 0.15) is 57.1 Å². The highest BCUT2D eigenvalue weighted by atomic mass is 16.5. The van der Waals surface area contributed by atoms with E-state index < -0.39 is 17.9 Å². The molecule has 0 aliphatic carbocycles. The van der Waals surface area contributed by atoms with E-state index in [1.807, 2.05) is 34.6 Å². The van der Waals surface area contributed by atoms with Gasteiger partial charge in [-0.1, -0.05) is 13.8 Å². The Labute approximate surface area is 147 Å². The first kappa shape index (κ1) is 20.9. The standard InChI is InChI=1S/C18H28N2O5/c1-11(2)8-13-9-12(10-15(21)19-13)16(22)20-14(17(23)24)6-7-25-18(3,4)5/h9-11,14H,6-8H2,1-5H3,(H,19,21)(H,20,22)(H,23,24). The summed E-state index contributed by atoms with van der Waals surface area (Å²) >= 11 is 0. The van der Waals surface area contributed by atoms with Crippen LogP contribution in [0.2, 0.25) is 0 Å². The Kier molecular flexibility index (Phi) is 7.36. The Morgan fingerprint density at radius 1 is 1.28 bits per heavy atom. The van der Waals surface area contributed by atoms with Gasteiger partial charge in [-0.25, -0.2) is 4.79 Å². The highest BCUT2D eigenvalue weighted by Crippen LogP contribution is 2.09. The first-order valence-corrected chi connectivity index (χ1v) is 8.39. The van der Waals surface area contributed by atoms with Crippen molar-refractivity contribution >= 4 is 11.9 Å². The molecule has 1 atom stereocenters. The lowest BCUT2D eigenvalue weighted by Crippen LogP contribution is -2.42. The van der Waals surface area contributed by atoms with Crippen molar-refractivity contribution < 1.29 is 19.4 Å². The first-order valence-electron chi connectivity index (χ1n) is 8.39. The molecular weight excluding hydrogens is 324 g/mol. The number of aromatic nitrogens is 1. The van der Waals surface area contributed by atoms with Crippen molar-refractivity contribution in [2.24, 2.45) is 5.92 Å². The van der Waals surface area contributed by atoms with Crippen molar-refractivity contribution in [1.29, 1.82) is 0 Å². The van der Waals surface area contributed by atoms with Crippen LogP contribution in [0.25, 0.3) is 0 Å². The summed E-state index contributed by atoms with van der Waals surface area (Å²) in [7, 11) is 0. The van der Waals surface area contributed by atoms with Gasteiger partial charge in [0.25, 0.3) is 5.91 Å². The molecule has 3 N–H and O–H groups in total. The number of hydrogen-bond acceptors (Lipinski definition) is 4. The second-order valence-electron chi connectivity index (χ2n) is 7.47. The van der Waals surface area contributed by atoms with Gasteiger partial charge in [-0.05, 0) is 39.2 Å². The van der Waals surface area contributed by atoms with Gasteiger partial charge >= 0.3 is 5.97 Å². The maximum atomic E-state index is 12.3. The molecule has 0 spiro atoms. The number of nitrogens with one attached hydrogen (secondary N) is 2. The van der Waals surface area contributed by atoms with Crippen molar-refractivity contribution in [3.63, 3.8) is 0 Å². The summed E-state index contributed by atoms with van der Waals surface area (Å²) < 4.78 is 5.51. The Bertz CT molecular complexity index is 658. The molecule has 1 aromatic rings. The molecule has 140 valence electrons. The zero-order chi connectivity index (χ0) is 19.2. The molecule has 0 aliphatic heterocycles. The molecule has 1 heterocycles. The third-order valence-corrected chi connectivity index (χ3v) is 3.34. The smallest absolute Gasteiger partial charge is 0.326 e. The highest BCUT2D eigenvalue weighted by molar-refractivity contribution is 5.96. The summed E-state index contributed by atoms with van der Waals surface area (Å²) in [5.41, 5.74) is 0.0372. The van der Waals surface area contributed by atoms with E-state index in [0.717, 1.165) is 0 Å². The van der Waals surface area contributed by atoms with Gasteiger partial charge in [-0.3, -0.25) is 9.59 Å². The average Bonchev–Trinajstić information content (AvgIpc) is 2.43. The molecule has 0 aromatic carbocycles. The number of hydrogen-bond donors (Lipinski definition) is 3. The van der Waals surface area contributed by atoms with Gasteiger partial charge in [0.05, 0.1) is 5.60 Å². The van der Waals surface area contributed by atoms with Gasteiger partial charge in [0.2, 0.25) is 5.56 Å². The van der Waals surface area contributed by atoms with Gasteiger partial charge in [-0.15, -0.1) is 0 Å². The van der Waals surface area contributed by atoms with Gasteiger partial charge in [0, 0.05) is 30.4 Å². The van der Waals surface area contributed by atoms with E-state index in [0.29, 0.717) is 18.0 Å². The quantitative estimate of drug-likeness (QED) is 0.663. The van der Waals surface area contributed by atoms with Gasteiger partial charge in [0.1, 0.15) is 6.04 Å². The van der Waals surface area contributed by atoms with Crippen LogP contribution in [0.5, 0.6) is 0 Å². The highest BCUT2D eigenvalue weighted by Gasteiger charge is 2.22. The number of H-pyrrole nitrogens is 1. The lowest BCUT2D eigenvalue weighted by molar-refractivity contribution is -0.140. The number of rotatable bonds is 8. The second kappa shape index (κ2) is 8.80. The maximum absolute atomic E-state index is 12.3. The molecule has 1 aromatic heterocycles. The van der Waals surface area contributed by atoms with Crippen LogP contribution in [0.3, 0.4) is 0 Å². The summed E-state index contributed by atoms with van der Waals surface area (Å²) in [6.07, 6.45) is 0.762. The third-order valence-electron chi connectivity index (χ3n) is 3.34. The molecule has 1 unspecified atom stereocenters. The number of aromatic amines is 1. The normalized spacial score (nSPS) is 12.9. The minimum absolute atomic E-state index is 0.139. The van der Waals surface area contributed by atoms with E-state index in [1.54, 1.807) is 6.07 Å². The number of aliphatic carboxylic acids is 1. The van der Waals surface area contributed by atoms with E-state index in [9.17, 15) is 19.5 Å². The summed E-state index contributed by atoms with van der Waals surface area (Å²) in [4.78, 5) is 38.1. The van der Waals surface area contributed by atoms with Crippen LogP contribution >= 0.6 is 0 Å². The Balaban J connectivity index is 2.81. The Morgan fingerprint density at radius 3 is 2.44 bits per heavy atom. The van der Waals surface area contributed by atoms with E-state index in [-0.39, 0.29) is 29.8 Å². The molecule has 0 bridgehead atoms. The lowest BCUT2D eigenvalue weighted by Gasteiger charge is -2.21. The summed E-state index contributed by atoms with van der Waals surface area (Å²) in [5, 5.41) is 11.7. The number of carbonyl (C=O) groups excluding carboxylic acids is 1. The average molecular weight is 352 g/mol. The fourth-order valence-corrected chi connectivity index (χ4v) is 2.26. The predicted molar refractivity (Wildman–Crippen MR) is 94.8 cm³/mol. The van der Waals surface area contributed by atoms with Crippen molar-refractivity contribution in [2.75, 3.05) is 6.61 Å². The molecule has 0 saturated heterocycles. The Hall–Kier alpha value is -2.15.